The van der Waals surface area contributed by atoms with Crippen LogP contribution < -0.4 is 10.5 Å². The Hall–Kier alpha value is -1.68. The van der Waals surface area contributed by atoms with Gasteiger partial charge >= 0.3 is 0 Å². The maximum atomic E-state index is 13.8. The van der Waals surface area contributed by atoms with Crippen LogP contribution in [0.2, 0.25) is 0 Å². The Morgan fingerprint density at radius 2 is 1.95 bits per heavy atom. The summed E-state index contributed by atoms with van der Waals surface area (Å²) in [5.41, 5.74) is 7.49. The summed E-state index contributed by atoms with van der Waals surface area (Å²) < 4.78 is 19.2. The lowest BCUT2D eigenvalue weighted by molar-refractivity contribution is 0.300. The third kappa shape index (κ3) is 3.45. The number of anilines is 1. The predicted octanol–water partition coefficient (Wildman–Crippen LogP) is 4.66. The van der Waals surface area contributed by atoms with Crippen LogP contribution >= 0.6 is 11.8 Å². The summed E-state index contributed by atoms with van der Waals surface area (Å²) in [6.07, 6.45) is 0.837. The van der Waals surface area contributed by atoms with Crippen molar-refractivity contribution in [1.82, 2.24) is 0 Å². The van der Waals surface area contributed by atoms with Crippen molar-refractivity contribution in [3.8, 4) is 5.75 Å². The third-order valence-corrected chi connectivity index (χ3v) is 4.09. The Kier molecular flexibility index (Phi) is 4.90. The third-order valence-electron chi connectivity index (χ3n) is 2.84. The first kappa shape index (κ1) is 14.7. The summed E-state index contributed by atoms with van der Waals surface area (Å²) in [7, 11) is 0. The van der Waals surface area contributed by atoms with Gasteiger partial charge in [-0.1, -0.05) is 36.9 Å². The molecule has 2 aromatic carbocycles. The molecule has 0 aliphatic rings. The molecular weight excluding hydrogens is 273 g/mol. The highest BCUT2D eigenvalue weighted by atomic mass is 32.2. The van der Waals surface area contributed by atoms with E-state index in [1.807, 2.05) is 38.1 Å². The molecular formula is C16H18FNOS. The number of hydrogen-bond acceptors (Lipinski definition) is 3. The van der Waals surface area contributed by atoms with Crippen molar-refractivity contribution in [3.63, 3.8) is 0 Å². The fourth-order valence-corrected chi connectivity index (χ4v) is 2.71. The average molecular weight is 291 g/mol. The number of rotatable bonds is 5. The molecule has 0 radical (unpaired) electrons. The maximum Gasteiger partial charge on any atom is 0.167 e. The molecule has 0 unspecified atom stereocenters. The minimum atomic E-state index is -0.412. The van der Waals surface area contributed by atoms with Crippen molar-refractivity contribution in [3.05, 3.63) is 47.8 Å². The number of ether oxygens (including phenoxy) is 1. The Bertz CT molecular complexity index is 601. The normalized spacial score (nSPS) is 10.6. The first-order valence-corrected chi connectivity index (χ1v) is 7.38. The van der Waals surface area contributed by atoms with Crippen LogP contribution in [-0.2, 0) is 0 Å². The van der Waals surface area contributed by atoms with Crippen molar-refractivity contribution in [2.24, 2.45) is 0 Å². The van der Waals surface area contributed by atoms with E-state index in [-0.39, 0.29) is 5.75 Å². The molecule has 2 rings (SSSR count). The summed E-state index contributed by atoms with van der Waals surface area (Å²) in [6, 6.07) is 11.0. The second kappa shape index (κ2) is 6.66. The fraction of sp³-hybridized carbons (Fsp3) is 0.250. The number of nitrogen functional groups attached to an aromatic ring is 1. The van der Waals surface area contributed by atoms with Gasteiger partial charge in [-0.2, -0.15) is 0 Å². The molecule has 0 saturated carbocycles. The monoisotopic (exact) mass is 291 g/mol. The second-order valence-electron chi connectivity index (χ2n) is 4.54. The minimum Gasteiger partial charge on any atom is -0.490 e. The molecule has 0 spiro atoms. The lowest BCUT2D eigenvalue weighted by Crippen LogP contribution is -1.99. The molecule has 0 aromatic heterocycles. The number of benzene rings is 2. The van der Waals surface area contributed by atoms with Crippen LogP contribution in [0.25, 0.3) is 0 Å². The number of halogens is 1. The molecule has 0 atom stereocenters. The standard InChI is InChI=1S/C16H18FNOS/c1-3-8-19-14-10-16(13(18)9-12(14)17)20-15-7-5-4-6-11(15)2/h4-7,9-10H,3,8,18H2,1-2H3. The van der Waals surface area contributed by atoms with Gasteiger partial charge in [0, 0.05) is 21.5 Å². The highest BCUT2D eigenvalue weighted by Gasteiger charge is 2.11. The van der Waals surface area contributed by atoms with Crippen LogP contribution in [0.5, 0.6) is 5.75 Å². The van der Waals surface area contributed by atoms with E-state index in [4.69, 9.17) is 10.5 Å². The molecule has 106 valence electrons. The maximum absolute atomic E-state index is 13.8. The van der Waals surface area contributed by atoms with E-state index >= 15 is 0 Å². The summed E-state index contributed by atoms with van der Waals surface area (Å²) in [6.45, 7) is 4.52. The van der Waals surface area contributed by atoms with Gasteiger partial charge in [0.15, 0.2) is 11.6 Å². The van der Waals surface area contributed by atoms with Crippen LogP contribution in [0.15, 0.2) is 46.2 Å². The van der Waals surface area contributed by atoms with Crippen LogP contribution in [0.3, 0.4) is 0 Å². The lowest BCUT2D eigenvalue weighted by atomic mass is 10.2. The Labute approximate surface area is 123 Å². The van der Waals surface area contributed by atoms with Gasteiger partial charge in [0.1, 0.15) is 0 Å². The van der Waals surface area contributed by atoms with Gasteiger partial charge in [0.25, 0.3) is 0 Å². The average Bonchev–Trinajstić information content (AvgIpc) is 2.43. The van der Waals surface area contributed by atoms with E-state index in [1.54, 1.807) is 6.07 Å². The van der Waals surface area contributed by atoms with Crippen LogP contribution in [0, 0.1) is 12.7 Å². The van der Waals surface area contributed by atoms with E-state index in [9.17, 15) is 4.39 Å². The molecule has 0 heterocycles. The SMILES string of the molecule is CCCOc1cc(Sc2ccccc2C)c(N)cc1F. The number of hydrogen-bond donors (Lipinski definition) is 1. The lowest BCUT2D eigenvalue weighted by Gasteiger charge is -2.12. The van der Waals surface area contributed by atoms with Crippen molar-refractivity contribution in [1.29, 1.82) is 0 Å². The summed E-state index contributed by atoms with van der Waals surface area (Å²) >= 11 is 1.53. The molecule has 0 aliphatic carbocycles. The predicted molar refractivity (Wildman–Crippen MR) is 81.9 cm³/mol. The molecule has 0 amide bonds. The van der Waals surface area contributed by atoms with Gasteiger partial charge < -0.3 is 10.5 Å². The quantitative estimate of drug-likeness (QED) is 0.814. The molecule has 4 heteroatoms. The van der Waals surface area contributed by atoms with Gasteiger partial charge in [-0.3, -0.25) is 0 Å². The Balaban J connectivity index is 2.29. The van der Waals surface area contributed by atoms with Gasteiger partial charge in [0.05, 0.1) is 6.61 Å². The molecule has 2 aromatic rings. The molecule has 0 fully saturated rings. The van der Waals surface area contributed by atoms with Crippen LogP contribution in [0.4, 0.5) is 10.1 Å². The fourth-order valence-electron chi connectivity index (χ4n) is 1.75. The number of nitrogens with two attached hydrogens (primary N) is 1. The van der Waals surface area contributed by atoms with Gasteiger partial charge in [0.2, 0.25) is 0 Å². The smallest absolute Gasteiger partial charge is 0.167 e. The highest BCUT2D eigenvalue weighted by molar-refractivity contribution is 7.99. The molecule has 0 aliphatic heterocycles. The van der Waals surface area contributed by atoms with E-state index < -0.39 is 5.82 Å². The van der Waals surface area contributed by atoms with Crippen molar-refractivity contribution in [2.75, 3.05) is 12.3 Å². The van der Waals surface area contributed by atoms with Crippen molar-refractivity contribution >= 4 is 17.4 Å². The molecule has 2 N–H and O–H groups in total. The van der Waals surface area contributed by atoms with Crippen LogP contribution in [0.1, 0.15) is 18.9 Å². The van der Waals surface area contributed by atoms with Crippen LogP contribution in [-0.4, -0.2) is 6.61 Å². The second-order valence-corrected chi connectivity index (χ2v) is 5.62. The van der Waals surface area contributed by atoms with Gasteiger partial charge in [-0.05, 0) is 31.0 Å². The number of aryl methyl sites for hydroxylation is 1. The Morgan fingerprint density at radius 1 is 1.20 bits per heavy atom. The zero-order valence-corrected chi connectivity index (χ0v) is 12.5. The Morgan fingerprint density at radius 3 is 2.65 bits per heavy atom. The zero-order chi connectivity index (χ0) is 14.5. The summed E-state index contributed by atoms with van der Waals surface area (Å²) in [5, 5.41) is 0. The van der Waals surface area contributed by atoms with Crippen molar-refractivity contribution in [2.45, 2.75) is 30.1 Å². The van der Waals surface area contributed by atoms with E-state index in [1.165, 1.54) is 17.8 Å². The van der Waals surface area contributed by atoms with Gasteiger partial charge in [-0.25, -0.2) is 4.39 Å². The topological polar surface area (TPSA) is 35.2 Å². The van der Waals surface area contributed by atoms with E-state index in [2.05, 4.69) is 0 Å². The molecule has 0 saturated heterocycles. The van der Waals surface area contributed by atoms with Gasteiger partial charge in [-0.15, -0.1) is 0 Å². The molecule has 2 nitrogen and oxygen atoms in total. The summed E-state index contributed by atoms with van der Waals surface area (Å²) in [5.74, 6) is -0.151. The van der Waals surface area contributed by atoms with Crippen molar-refractivity contribution < 1.29 is 9.13 Å². The molecule has 20 heavy (non-hydrogen) atoms. The highest BCUT2D eigenvalue weighted by Crippen LogP contribution is 2.37. The zero-order valence-electron chi connectivity index (χ0n) is 11.7. The van der Waals surface area contributed by atoms with E-state index in [0.29, 0.717) is 12.3 Å². The molecule has 0 bridgehead atoms. The minimum absolute atomic E-state index is 0.261. The summed E-state index contributed by atoms with van der Waals surface area (Å²) in [4.78, 5) is 1.92. The first-order chi connectivity index (χ1) is 9.61. The van der Waals surface area contributed by atoms with E-state index in [0.717, 1.165) is 21.8 Å². The largest absolute Gasteiger partial charge is 0.490 e. The first-order valence-electron chi connectivity index (χ1n) is 6.57.